The molecule has 1 saturated carbocycles. The lowest BCUT2D eigenvalue weighted by molar-refractivity contribution is -0.133. The standard InChI is InChI=1S/C17H21Cl2N3O2.ClH/c1-17(9-20,10-2-3-10)21-15(23)12-6-7-22(16(12)24)11-4-5-13(18)14(19)8-11;/h4-5,8,10,12H,2-3,6-7,9,20H2,1H3,(H,21,23);1H. The number of hydrogen-bond acceptors (Lipinski definition) is 3. The molecule has 0 radical (unpaired) electrons. The van der Waals surface area contributed by atoms with E-state index in [2.05, 4.69) is 5.32 Å². The third kappa shape index (κ3) is 4.05. The number of benzene rings is 1. The first kappa shape index (κ1) is 20.3. The van der Waals surface area contributed by atoms with Crippen molar-refractivity contribution < 1.29 is 9.59 Å². The molecule has 8 heteroatoms. The monoisotopic (exact) mass is 405 g/mol. The average molecular weight is 407 g/mol. The minimum absolute atomic E-state index is 0. The fraction of sp³-hybridized carbons (Fsp3) is 0.529. The fourth-order valence-corrected chi connectivity index (χ4v) is 3.53. The number of anilines is 1. The zero-order valence-corrected chi connectivity index (χ0v) is 16.3. The number of nitrogens with zero attached hydrogens (tertiary/aromatic N) is 1. The summed E-state index contributed by atoms with van der Waals surface area (Å²) in [6.07, 6.45) is 2.63. The van der Waals surface area contributed by atoms with Crippen LogP contribution in [0.25, 0.3) is 0 Å². The highest BCUT2D eigenvalue weighted by molar-refractivity contribution is 6.42. The van der Waals surface area contributed by atoms with Crippen molar-refractivity contribution >= 4 is 53.1 Å². The van der Waals surface area contributed by atoms with Crippen LogP contribution < -0.4 is 16.0 Å². The Hall–Kier alpha value is -1.01. The summed E-state index contributed by atoms with van der Waals surface area (Å²) in [4.78, 5) is 26.8. The number of amides is 2. The highest BCUT2D eigenvalue weighted by atomic mass is 35.5. The minimum Gasteiger partial charge on any atom is -0.349 e. The number of carbonyl (C=O) groups excluding carboxylic acids is 2. The molecule has 2 fully saturated rings. The van der Waals surface area contributed by atoms with Crippen molar-refractivity contribution in [3.63, 3.8) is 0 Å². The summed E-state index contributed by atoms with van der Waals surface area (Å²) in [7, 11) is 0. The molecule has 1 aromatic rings. The van der Waals surface area contributed by atoms with Gasteiger partial charge in [-0.25, -0.2) is 0 Å². The molecule has 0 aromatic heterocycles. The van der Waals surface area contributed by atoms with E-state index in [1.54, 1.807) is 23.1 Å². The van der Waals surface area contributed by atoms with Crippen LogP contribution in [0.15, 0.2) is 18.2 Å². The normalized spacial score (nSPS) is 22.3. The molecular weight excluding hydrogens is 385 g/mol. The minimum atomic E-state index is -0.677. The van der Waals surface area contributed by atoms with E-state index in [0.29, 0.717) is 41.2 Å². The van der Waals surface area contributed by atoms with Gasteiger partial charge in [-0.2, -0.15) is 0 Å². The largest absolute Gasteiger partial charge is 0.349 e. The van der Waals surface area contributed by atoms with Gasteiger partial charge in [-0.05, 0) is 50.3 Å². The molecule has 2 atom stereocenters. The average Bonchev–Trinajstić information content (AvgIpc) is 3.33. The van der Waals surface area contributed by atoms with Crippen molar-refractivity contribution in [1.29, 1.82) is 0 Å². The number of nitrogens with two attached hydrogens (primary N) is 1. The third-order valence-corrected chi connectivity index (χ3v) is 5.79. The van der Waals surface area contributed by atoms with Crippen molar-refractivity contribution in [2.24, 2.45) is 17.6 Å². The molecule has 3 N–H and O–H groups in total. The van der Waals surface area contributed by atoms with Gasteiger partial charge >= 0.3 is 0 Å². The topological polar surface area (TPSA) is 75.4 Å². The van der Waals surface area contributed by atoms with Gasteiger partial charge in [0.25, 0.3) is 0 Å². The van der Waals surface area contributed by atoms with Gasteiger partial charge in [-0.1, -0.05) is 23.2 Å². The molecule has 1 heterocycles. The predicted molar refractivity (Wildman–Crippen MR) is 102 cm³/mol. The van der Waals surface area contributed by atoms with Gasteiger partial charge in [-0.15, -0.1) is 12.4 Å². The van der Waals surface area contributed by atoms with Gasteiger partial charge < -0.3 is 16.0 Å². The van der Waals surface area contributed by atoms with E-state index in [-0.39, 0.29) is 24.2 Å². The maximum Gasteiger partial charge on any atom is 0.239 e. The summed E-state index contributed by atoms with van der Waals surface area (Å²) < 4.78 is 0. The first-order valence-corrected chi connectivity index (χ1v) is 8.90. The van der Waals surface area contributed by atoms with Crippen LogP contribution in [-0.2, 0) is 9.59 Å². The number of hydrogen-bond donors (Lipinski definition) is 2. The summed E-state index contributed by atoms with van der Waals surface area (Å²) in [5, 5.41) is 3.83. The maximum absolute atomic E-state index is 12.7. The second kappa shape index (κ2) is 7.70. The molecule has 2 unspecified atom stereocenters. The Balaban J connectivity index is 0.00000225. The van der Waals surface area contributed by atoms with Crippen LogP contribution in [0.5, 0.6) is 0 Å². The van der Waals surface area contributed by atoms with Crippen LogP contribution in [-0.4, -0.2) is 30.4 Å². The van der Waals surface area contributed by atoms with Crippen molar-refractivity contribution in [3.8, 4) is 0 Å². The van der Waals surface area contributed by atoms with E-state index in [9.17, 15) is 9.59 Å². The van der Waals surface area contributed by atoms with Crippen molar-refractivity contribution in [2.45, 2.75) is 31.7 Å². The van der Waals surface area contributed by atoms with E-state index in [0.717, 1.165) is 12.8 Å². The summed E-state index contributed by atoms with van der Waals surface area (Å²) in [5.74, 6) is -0.707. The first-order chi connectivity index (χ1) is 11.4. The molecule has 25 heavy (non-hydrogen) atoms. The third-order valence-electron chi connectivity index (χ3n) is 5.05. The van der Waals surface area contributed by atoms with Crippen LogP contribution in [0.1, 0.15) is 26.2 Å². The number of rotatable bonds is 5. The molecule has 0 bridgehead atoms. The van der Waals surface area contributed by atoms with Crippen molar-refractivity contribution in [2.75, 3.05) is 18.0 Å². The number of halogens is 3. The highest BCUT2D eigenvalue weighted by Crippen LogP contribution is 2.39. The number of carbonyl (C=O) groups is 2. The van der Waals surface area contributed by atoms with E-state index in [1.807, 2.05) is 6.92 Å². The van der Waals surface area contributed by atoms with E-state index >= 15 is 0 Å². The van der Waals surface area contributed by atoms with Gasteiger partial charge in [0.2, 0.25) is 11.8 Å². The van der Waals surface area contributed by atoms with Gasteiger partial charge in [0, 0.05) is 18.8 Å². The Bertz CT molecular complexity index is 681. The smallest absolute Gasteiger partial charge is 0.239 e. The van der Waals surface area contributed by atoms with Gasteiger partial charge in [0.15, 0.2) is 0 Å². The molecule has 138 valence electrons. The van der Waals surface area contributed by atoms with Crippen LogP contribution in [0.4, 0.5) is 5.69 Å². The van der Waals surface area contributed by atoms with Crippen molar-refractivity contribution in [3.05, 3.63) is 28.2 Å². The lowest BCUT2D eigenvalue weighted by Gasteiger charge is -2.30. The molecule has 0 spiro atoms. The Labute approximate surface area is 163 Å². The van der Waals surface area contributed by atoms with E-state index in [4.69, 9.17) is 28.9 Å². The lowest BCUT2D eigenvalue weighted by Crippen LogP contribution is -2.55. The second-order valence-corrected chi connectivity index (χ2v) is 7.63. The van der Waals surface area contributed by atoms with Gasteiger partial charge in [-0.3, -0.25) is 9.59 Å². The molecule has 3 rings (SSSR count). The molecule has 1 aliphatic heterocycles. The SMILES string of the molecule is CC(CN)(NC(=O)C1CCN(c2ccc(Cl)c(Cl)c2)C1=O)C1CC1.Cl. The molecule has 5 nitrogen and oxygen atoms in total. The Morgan fingerprint density at radius 1 is 1.32 bits per heavy atom. The highest BCUT2D eigenvalue weighted by Gasteiger charge is 2.45. The molecule has 1 saturated heterocycles. The Kier molecular flexibility index (Phi) is 6.26. The molecular formula is C17H22Cl3N3O2. The zero-order chi connectivity index (χ0) is 17.5. The molecule has 2 amide bonds. The Morgan fingerprint density at radius 2 is 2.00 bits per heavy atom. The summed E-state index contributed by atoms with van der Waals surface area (Å²) in [6, 6.07) is 5.04. The summed E-state index contributed by atoms with van der Waals surface area (Å²) in [5.41, 5.74) is 6.08. The van der Waals surface area contributed by atoms with Crippen LogP contribution >= 0.6 is 35.6 Å². The van der Waals surface area contributed by atoms with Crippen LogP contribution in [0, 0.1) is 11.8 Å². The fourth-order valence-electron chi connectivity index (χ4n) is 3.24. The Morgan fingerprint density at radius 3 is 2.56 bits per heavy atom. The van der Waals surface area contributed by atoms with E-state index < -0.39 is 11.5 Å². The molecule has 1 aromatic carbocycles. The molecule has 1 aliphatic carbocycles. The summed E-state index contributed by atoms with van der Waals surface area (Å²) in [6.45, 7) is 2.82. The zero-order valence-electron chi connectivity index (χ0n) is 13.9. The number of nitrogens with one attached hydrogen (secondary N) is 1. The van der Waals surface area contributed by atoms with Crippen LogP contribution in [0.2, 0.25) is 10.0 Å². The lowest BCUT2D eigenvalue weighted by atomic mass is 9.94. The van der Waals surface area contributed by atoms with E-state index in [1.165, 1.54) is 0 Å². The predicted octanol–water partition coefficient (Wildman–Crippen LogP) is 3.01. The van der Waals surface area contributed by atoms with Crippen molar-refractivity contribution in [1.82, 2.24) is 5.32 Å². The van der Waals surface area contributed by atoms with Gasteiger partial charge in [0.1, 0.15) is 5.92 Å². The van der Waals surface area contributed by atoms with Gasteiger partial charge in [0.05, 0.1) is 15.6 Å². The second-order valence-electron chi connectivity index (χ2n) is 6.81. The summed E-state index contributed by atoms with van der Waals surface area (Å²) >= 11 is 11.9. The molecule has 2 aliphatic rings. The maximum atomic E-state index is 12.7. The van der Waals surface area contributed by atoms with Crippen LogP contribution in [0.3, 0.4) is 0 Å². The quantitative estimate of drug-likeness (QED) is 0.738. The first-order valence-electron chi connectivity index (χ1n) is 8.14.